The van der Waals surface area contributed by atoms with Crippen molar-refractivity contribution < 1.29 is 46.6 Å². The molecule has 0 bridgehead atoms. The van der Waals surface area contributed by atoms with Crippen molar-refractivity contribution >= 4 is 27.1 Å². The molecule has 0 atom stereocenters. The maximum atomic E-state index is 12.7. The van der Waals surface area contributed by atoms with Crippen molar-refractivity contribution in [1.82, 2.24) is 0 Å². The second kappa shape index (κ2) is 9.58. The van der Waals surface area contributed by atoms with Crippen LogP contribution in [0.4, 0.5) is 0 Å². The topological polar surface area (TPSA) is 170 Å². The monoisotopic (exact) mass is 468 g/mol. The summed E-state index contributed by atoms with van der Waals surface area (Å²) in [6, 6.07) is 8.49. The van der Waals surface area contributed by atoms with Crippen molar-refractivity contribution in [3.8, 4) is 34.3 Å². The van der Waals surface area contributed by atoms with Crippen LogP contribution in [0.1, 0.15) is 0 Å². The second-order valence-electron chi connectivity index (χ2n) is 6.22. The lowest BCUT2D eigenvalue weighted by Gasteiger charge is -2.12. The smallest absolute Gasteiger partial charge is 0.322 e. The molecule has 1 heterocycles. The van der Waals surface area contributed by atoms with Gasteiger partial charge in [-0.05, 0) is 18.2 Å². The van der Waals surface area contributed by atoms with Gasteiger partial charge in [-0.3, -0.25) is 9.59 Å². The quantitative estimate of drug-likeness (QED) is 0.477. The van der Waals surface area contributed by atoms with Crippen molar-refractivity contribution in [2.24, 2.45) is 0 Å². The largest absolute Gasteiger partial charge is 0.496 e. The molecule has 0 saturated heterocycles. The molecule has 0 saturated carbocycles. The SMILES string of the molecule is COc1ccc(-c2cc(=O)c3c(OC)cc(OS(=O)(=O)CC(=O)O)cc3o2)cc1OC.O. The van der Waals surface area contributed by atoms with Crippen LogP contribution in [-0.2, 0) is 14.9 Å². The predicted octanol–water partition coefficient (Wildman–Crippen LogP) is 1.45. The average molecular weight is 468 g/mol. The van der Waals surface area contributed by atoms with E-state index in [-0.39, 0.29) is 33.7 Å². The van der Waals surface area contributed by atoms with Crippen molar-refractivity contribution in [2.45, 2.75) is 0 Å². The van der Waals surface area contributed by atoms with Crippen molar-refractivity contribution in [3.05, 3.63) is 46.6 Å². The molecular weight excluding hydrogens is 448 g/mol. The molecule has 3 N–H and O–H groups in total. The first-order valence-electron chi connectivity index (χ1n) is 8.69. The van der Waals surface area contributed by atoms with Crippen LogP contribution >= 0.6 is 0 Å². The molecule has 2 aromatic carbocycles. The van der Waals surface area contributed by atoms with Gasteiger partial charge in [0, 0.05) is 23.8 Å². The Balaban J connectivity index is 0.00000363. The van der Waals surface area contributed by atoms with Crippen LogP contribution in [0.3, 0.4) is 0 Å². The number of methoxy groups -OCH3 is 3. The van der Waals surface area contributed by atoms with Crippen molar-refractivity contribution in [2.75, 3.05) is 27.1 Å². The van der Waals surface area contributed by atoms with E-state index in [1.54, 1.807) is 18.2 Å². The van der Waals surface area contributed by atoms with Gasteiger partial charge in [0.15, 0.2) is 22.7 Å². The van der Waals surface area contributed by atoms with Gasteiger partial charge in [-0.15, -0.1) is 0 Å². The Labute approximate surface area is 182 Å². The molecule has 11 nitrogen and oxygen atoms in total. The summed E-state index contributed by atoms with van der Waals surface area (Å²) in [5, 5.41) is 8.78. The number of rotatable bonds is 8. The van der Waals surface area contributed by atoms with Crippen LogP contribution in [-0.4, -0.2) is 52.1 Å². The lowest BCUT2D eigenvalue weighted by molar-refractivity contribution is -0.134. The lowest BCUT2D eigenvalue weighted by atomic mass is 10.1. The van der Waals surface area contributed by atoms with E-state index < -0.39 is 27.3 Å². The highest BCUT2D eigenvalue weighted by molar-refractivity contribution is 7.87. The van der Waals surface area contributed by atoms with E-state index in [4.69, 9.17) is 27.9 Å². The molecule has 0 spiro atoms. The summed E-state index contributed by atoms with van der Waals surface area (Å²) in [5.41, 5.74) is 0.0421. The van der Waals surface area contributed by atoms with Crippen LogP contribution < -0.4 is 23.8 Å². The summed E-state index contributed by atoms with van der Waals surface area (Å²) in [6.45, 7) is 0. The van der Waals surface area contributed by atoms with Gasteiger partial charge < -0.3 is 33.4 Å². The van der Waals surface area contributed by atoms with Crippen LogP contribution in [0.5, 0.6) is 23.0 Å². The maximum Gasteiger partial charge on any atom is 0.322 e. The number of carboxylic acids is 1. The summed E-state index contributed by atoms with van der Waals surface area (Å²) >= 11 is 0. The summed E-state index contributed by atoms with van der Waals surface area (Å²) in [4.78, 5) is 23.5. The van der Waals surface area contributed by atoms with Crippen LogP contribution in [0, 0.1) is 0 Å². The van der Waals surface area contributed by atoms with E-state index in [2.05, 4.69) is 0 Å². The highest BCUT2D eigenvalue weighted by Gasteiger charge is 2.21. The third-order valence-electron chi connectivity index (χ3n) is 4.18. The van der Waals surface area contributed by atoms with Gasteiger partial charge in [-0.25, -0.2) is 0 Å². The van der Waals surface area contributed by atoms with Gasteiger partial charge in [0.25, 0.3) is 0 Å². The fourth-order valence-electron chi connectivity index (χ4n) is 2.90. The summed E-state index contributed by atoms with van der Waals surface area (Å²) in [5.74, 6) is -2.00. The summed E-state index contributed by atoms with van der Waals surface area (Å²) in [6.07, 6.45) is 0. The van der Waals surface area contributed by atoms with E-state index in [0.717, 1.165) is 6.07 Å². The van der Waals surface area contributed by atoms with Gasteiger partial charge in [-0.1, -0.05) is 0 Å². The zero-order chi connectivity index (χ0) is 22.8. The maximum absolute atomic E-state index is 12.7. The number of aliphatic carboxylic acids is 1. The molecule has 0 aliphatic heterocycles. The van der Waals surface area contributed by atoms with Crippen molar-refractivity contribution in [1.29, 1.82) is 0 Å². The molecule has 0 unspecified atom stereocenters. The molecule has 0 amide bonds. The van der Waals surface area contributed by atoms with Gasteiger partial charge in [0.05, 0.1) is 21.3 Å². The zero-order valence-corrected chi connectivity index (χ0v) is 18.0. The first kappa shape index (κ1) is 24.5. The lowest BCUT2D eigenvalue weighted by Crippen LogP contribution is -2.20. The summed E-state index contributed by atoms with van der Waals surface area (Å²) < 4.78 is 50.0. The number of carbonyl (C=O) groups is 1. The Morgan fingerprint density at radius 2 is 1.62 bits per heavy atom. The number of carboxylic acid groups (broad SMARTS) is 1. The molecule has 0 aliphatic carbocycles. The predicted molar refractivity (Wildman–Crippen MR) is 113 cm³/mol. The Morgan fingerprint density at radius 1 is 0.969 bits per heavy atom. The Hall–Kier alpha value is -3.77. The van der Waals surface area contributed by atoms with Gasteiger partial charge in [0.1, 0.15) is 28.2 Å². The Morgan fingerprint density at radius 3 is 2.22 bits per heavy atom. The number of hydrogen-bond acceptors (Lipinski definition) is 9. The minimum atomic E-state index is -4.42. The average Bonchev–Trinajstić information content (AvgIpc) is 2.70. The zero-order valence-electron chi connectivity index (χ0n) is 17.2. The van der Waals surface area contributed by atoms with Crippen LogP contribution in [0.25, 0.3) is 22.3 Å². The van der Waals surface area contributed by atoms with E-state index in [9.17, 15) is 18.0 Å². The van der Waals surface area contributed by atoms with E-state index >= 15 is 0 Å². The molecule has 3 aromatic rings. The highest BCUT2D eigenvalue weighted by atomic mass is 32.2. The minimum absolute atomic E-state index is 0. The fourth-order valence-corrected chi connectivity index (χ4v) is 3.65. The van der Waals surface area contributed by atoms with Gasteiger partial charge in [-0.2, -0.15) is 8.42 Å². The third kappa shape index (κ3) is 5.10. The highest BCUT2D eigenvalue weighted by Crippen LogP contribution is 2.35. The molecular formula is C20H20O11S. The molecule has 3 rings (SSSR count). The third-order valence-corrected chi connectivity index (χ3v) is 5.23. The molecule has 0 fully saturated rings. The standard InChI is InChI=1S/C20H18O10S.H2O/c1-26-14-5-4-11(6-16(14)27-2)15-9-13(21)20-17(28-3)7-12(8-18(20)29-15)30-31(24,25)10-19(22)23;/h4-9H,10H2,1-3H3,(H,22,23);1H2. The number of benzene rings is 2. The molecule has 1 aromatic heterocycles. The van der Waals surface area contributed by atoms with Crippen molar-refractivity contribution in [3.63, 3.8) is 0 Å². The molecule has 172 valence electrons. The summed E-state index contributed by atoms with van der Waals surface area (Å²) in [7, 11) is -0.190. The first-order valence-corrected chi connectivity index (χ1v) is 10.3. The minimum Gasteiger partial charge on any atom is -0.496 e. The number of fused-ring (bicyclic) bond motifs is 1. The van der Waals surface area contributed by atoms with Crippen LogP contribution in [0.2, 0.25) is 0 Å². The number of hydrogen-bond donors (Lipinski definition) is 1. The van der Waals surface area contributed by atoms with E-state index in [1.165, 1.54) is 33.5 Å². The normalized spacial score (nSPS) is 10.8. The van der Waals surface area contributed by atoms with Crippen LogP contribution in [0.15, 0.2) is 45.6 Å². The Bertz CT molecular complexity index is 1310. The van der Waals surface area contributed by atoms with Gasteiger partial charge in [0.2, 0.25) is 0 Å². The fraction of sp³-hybridized carbons (Fsp3) is 0.200. The number of ether oxygens (including phenoxy) is 3. The molecule has 32 heavy (non-hydrogen) atoms. The Kier molecular flexibility index (Phi) is 7.33. The first-order chi connectivity index (χ1) is 14.7. The molecule has 0 radical (unpaired) electrons. The molecule has 0 aliphatic rings. The van der Waals surface area contributed by atoms with E-state index in [1.807, 2.05) is 0 Å². The van der Waals surface area contributed by atoms with E-state index in [0.29, 0.717) is 17.1 Å². The molecule has 12 heteroatoms. The van der Waals surface area contributed by atoms with Gasteiger partial charge >= 0.3 is 16.1 Å². The second-order valence-corrected chi connectivity index (χ2v) is 7.79.